The van der Waals surface area contributed by atoms with Crippen LogP contribution < -0.4 is 15.7 Å². The molecule has 0 saturated heterocycles. The Balaban J connectivity index is 1.67. The number of benzene rings is 1. The zero-order chi connectivity index (χ0) is 22.0. The Morgan fingerprint density at radius 1 is 1.17 bits per heavy atom. The van der Waals surface area contributed by atoms with Gasteiger partial charge in [0.15, 0.2) is 6.10 Å². The van der Waals surface area contributed by atoms with Gasteiger partial charge in [0.05, 0.1) is 11.3 Å². The predicted molar refractivity (Wildman–Crippen MR) is 113 cm³/mol. The Morgan fingerprint density at radius 2 is 1.83 bits per heavy atom. The summed E-state index contributed by atoms with van der Waals surface area (Å²) >= 11 is 0. The van der Waals surface area contributed by atoms with Crippen LogP contribution in [-0.2, 0) is 9.59 Å². The molecule has 1 aliphatic rings. The first-order valence-electron chi connectivity index (χ1n) is 10.4. The molecular formula is C23H29NO6. The highest BCUT2D eigenvalue weighted by atomic mass is 16.5. The van der Waals surface area contributed by atoms with Gasteiger partial charge in [-0.25, -0.2) is 4.79 Å². The van der Waals surface area contributed by atoms with Gasteiger partial charge in [-0.05, 0) is 82.6 Å². The van der Waals surface area contributed by atoms with Gasteiger partial charge in [0.2, 0.25) is 0 Å². The van der Waals surface area contributed by atoms with Gasteiger partial charge in [-0.2, -0.15) is 0 Å². The van der Waals surface area contributed by atoms with Gasteiger partial charge in [-0.1, -0.05) is 0 Å². The molecule has 0 spiro atoms. The highest BCUT2D eigenvalue weighted by Gasteiger charge is 2.27. The summed E-state index contributed by atoms with van der Waals surface area (Å²) in [5.74, 6) is -0.418. The molecule has 7 heteroatoms. The first-order valence-corrected chi connectivity index (χ1v) is 10.4. The first-order chi connectivity index (χ1) is 14.2. The summed E-state index contributed by atoms with van der Waals surface area (Å²) in [6.07, 6.45) is 2.18. The number of carboxylic acid groups (broad SMARTS) is 1. The van der Waals surface area contributed by atoms with E-state index < -0.39 is 12.1 Å². The first kappa shape index (κ1) is 21.9. The lowest BCUT2D eigenvalue weighted by atomic mass is 9.82. The van der Waals surface area contributed by atoms with Crippen LogP contribution in [0.4, 0.5) is 0 Å². The maximum atomic E-state index is 12.6. The smallest absolute Gasteiger partial charge is 0.339 e. The summed E-state index contributed by atoms with van der Waals surface area (Å²) in [5, 5.41) is 12.7. The fourth-order valence-electron chi connectivity index (χ4n) is 4.03. The summed E-state index contributed by atoms with van der Waals surface area (Å²) < 4.78 is 11.4. The number of fused-ring (bicyclic) bond motifs is 1. The summed E-state index contributed by atoms with van der Waals surface area (Å²) in [5.41, 5.74) is 2.23. The second-order valence-electron chi connectivity index (χ2n) is 8.34. The van der Waals surface area contributed by atoms with Crippen molar-refractivity contribution in [3.63, 3.8) is 0 Å². The Hall–Kier alpha value is -2.83. The van der Waals surface area contributed by atoms with Crippen LogP contribution in [0.3, 0.4) is 0 Å². The number of aryl methyl sites for hydroxylation is 2. The number of aliphatic carboxylic acids is 1. The largest absolute Gasteiger partial charge is 0.481 e. The molecule has 1 atom stereocenters. The second kappa shape index (κ2) is 8.90. The normalized spacial score (nSPS) is 20.0. The van der Waals surface area contributed by atoms with E-state index in [4.69, 9.17) is 14.3 Å². The maximum absolute atomic E-state index is 12.6. The van der Waals surface area contributed by atoms with E-state index >= 15 is 0 Å². The van der Waals surface area contributed by atoms with Crippen LogP contribution in [0.2, 0.25) is 0 Å². The van der Waals surface area contributed by atoms with Crippen molar-refractivity contribution in [1.82, 2.24) is 5.32 Å². The highest BCUT2D eigenvalue weighted by Crippen LogP contribution is 2.32. The van der Waals surface area contributed by atoms with Crippen LogP contribution in [0.15, 0.2) is 21.3 Å². The van der Waals surface area contributed by atoms with E-state index in [1.807, 2.05) is 19.9 Å². The number of hydrogen-bond donors (Lipinski definition) is 2. The van der Waals surface area contributed by atoms with Gasteiger partial charge in [0.25, 0.3) is 5.91 Å². The van der Waals surface area contributed by atoms with E-state index in [0.29, 0.717) is 41.7 Å². The molecule has 1 amide bonds. The van der Waals surface area contributed by atoms with Gasteiger partial charge in [-0.3, -0.25) is 9.59 Å². The lowest BCUT2D eigenvalue weighted by Crippen LogP contribution is -2.39. The van der Waals surface area contributed by atoms with Crippen LogP contribution in [0.5, 0.6) is 5.75 Å². The molecule has 0 bridgehead atoms. The van der Waals surface area contributed by atoms with Gasteiger partial charge in [0.1, 0.15) is 11.3 Å². The topological polar surface area (TPSA) is 106 Å². The predicted octanol–water partition coefficient (Wildman–Crippen LogP) is 3.49. The number of nitrogens with one attached hydrogen (secondary N) is 1. The van der Waals surface area contributed by atoms with E-state index in [0.717, 1.165) is 24.0 Å². The molecule has 2 aromatic rings. The lowest BCUT2D eigenvalue weighted by molar-refractivity contribution is -0.143. The molecule has 162 valence electrons. The summed E-state index contributed by atoms with van der Waals surface area (Å²) in [6.45, 7) is 7.63. The third kappa shape index (κ3) is 4.66. The molecule has 1 aliphatic carbocycles. The van der Waals surface area contributed by atoms with Crippen molar-refractivity contribution in [3.05, 3.63) is 39.2 Å². The molecule has 0 radical (unpaired) electrons. The average molecular weight is 415 g/mol. The Bertz CT molecular complexity index is 1020. The van der Waals surface area contributed by atoms with Crippen LogP contribution in [0, 0.1) is 32.6 Å². The van der Waals surface area contributed by atoms with E-state index in [1.165, 1.54) is 0 Å². The fourth-order valence-corrected chi connectivity index (χ4v) is 4.03. The SMILES string of the molecule is Cc1cc(O[C@H](C)C(=O)NCC2CCC(C(=O)O)CC2)c2c(C)c(C)c(=O)oc2c1. The number of amides is 1. The average Bonchev–Trinajstić information content (AvgIpc) is 2.70. The van der Waals surface area contributed by atoms with Crippen LogP contribution in [0.25, 0.3) is 11.0 Å². The van der Waals surface area contributed by atoms with E-state index in [2.05, 4.69) is 5.32 Å². The van der Waals surface area contributed by atoms with Crippen LogP contribution in [0.1, 0.15) is 49.3 Å². The van der Waals surface area contributed by atoms with E-state index in [-0.39, 0.29) is 23.4 Å². The van der Waals surface area contributed by atoms with Crippen molar-refractivity contribution in [2.45, 2.75) is 59.5 Å². The third-order valence-corrected chi connectivity index (χ3v) is 6.09. The minimum Gasteiger partial charge on any atom is -0.481 e. The van der Waals surface area contributed by atoms with Gasteiger partial charge >= 0.3 is 11.6 Å². The van der Waals surface area contributed by atoms with Crippen molar-refractivity contribution >= 4 is 22.8 Å². The third-order valence-electron chi connectivity index (χ3n) is 6.09. The number of carbonyl (C=O) groups excluding carboxylic acids is 1. The standard InChI is InChI=1S/C23H29NO6/c1-12-9-18(20-13(2)14(3)23(28)30-19(20)10-12)29-15(4)21(25)24-11-16-5-7-17(8-6-16)22(26)27/h9-10,15-17H,5-8,11H2,1-4H3,(H,24,25)(H,26,27)/t15-,16?,17?/m1/s1. The minimum atomic E-state index is -0.730. The van der Waals surface area contributed by atoms with Crippen molar-refractivity contribution in [2.24, 2.45) is 11.8 Å². The second-order valence-corrected chi connectivity index (χ2v) is 8.34. The highest BCUT2D eigenvalue weighted by molar-refractivity contribution is 5.89. The molecule has 7 nitrogen and oxygen atoms in total. The van der Waals surface area contributed by atoms with E-state index in [9.17, 15) is 14.4 Å². The fraction of sp³-hybridized carbons (Fsp3) is 0.522. The number of carbonyl (C=O) groups is 2. The molecule has 1 aromatic heterocycles. The molecule has 1 aromatic carbocycles. The summed E-state index contributed by atoms with van der Waals surface area (Å²) in [4.78, 5) is 35.6. The summed E-state index contributed by atoms with van der Waals surface area (Å²) in [6, 6.07) is 3.62. The maximum Gasteiger partial charge on any atom is 0.339 e. The molecule has 2 N–H and O–H groups in total. The lowest BCUT2D eigenvalue weighted by Gasteiger charge is -2.26. The molecule has 30 heavy (non-hydrogen) atoms. The van der Waals surface area contributed by atoms with Crippen molar-refractivity contribution < 1.29 is 23.8 Å². The van der Waals surface area contributed by atoms with Crippen molar-refractivity contribution in [3.8, 4) is 5.75 Å². The van der Waals surface area contributed by atoms with Gasteiger partial charge in [0, 0.05) is 12.1 Å². The van der Waals surface area contributed by atoms with Crippen LogP contribution in [-0.4, -0.2) is 29.6 Å². The summed E-state index contributed by atoms with van der Waals surface area (Å²) in [7, 11) is 0. The molecule has 3 rings (SSSR count). The Labute approximate surface area is 175 Å². The monoisotopic (exact) mass is 415 g/mol. The number of carboxylic acids is 1. The van der Waals surface area contributed by atoms with Gasteiger partial charge in [-0.15, -0.1) is 0 Å². The van der Waals surface area contributed by atoms with Crippen molar-refractivity contribution in [2.75, 3.05) is 6.54 Å². The molecule has 1 heterocycles. The molecular weight excluding hydrogens is 386 g/mol. The number of rotatable bonds is 6. The number of ether oxygens (including phenoxy) is 1. The minimum absolute atomic E-state index is 0.225. The Morgan fingerprint density at radius 3 is 2.47 bits per heavy atom. The van der Waals surface area contributed by atoms with E-state index in [1.54, 1.807) is 19.9 Å². The van der Waals surface area contributed by atoms with Crippen LogP contribution >= 0.6 is 0 Å². The molecule has 1 saturated carbocycles. The molecule has 1 fully saturated rings. The van der Waals surface area contributed by atoms with Gasteiger partial charge < -0.3 is 19.6 Å². The van der Waals surface area contributed by atoms with Crippen molar-refractivity contribution in [1.29, 1.82) is 0 Å². The number of hydrogen-bond acceptors (Lipinski definition) is 5. The zero-order valence-electron chi connectivity index (χ0n) is 17.9. The quantitative estimate of drug-likeness (QED) is 0.700. The molecule has 0 unspecified atom stereocenters. The Kier molecular flexibility index (Phi) is 6.48. The molecule has 0 aliphatic heterocycles. The zero-order valence-corrected chi connectivity index (χ0v) is 17.9.